The van der Waals surface area contributed by atoms with Crippen molar-refractivity contribution in [3.05, 3.63) is 53.5 Å². The lowest BCUT2D eigenvalue weighted by molar-refractivity contribution is -0.137. The molecule has 0 saturated heterocycles. The first-order chi connectivity index (χ1) is 9.90. The van der Waals surface area contributed by atoms with Gasteiger partial charge in [-0.05, 0) is 11.6 Å². The third-order valence-corrected chi connectivity index (χ3v) is 2.90. The average molecular weight is 298 g/mol. The molecule has 0 amide bonds. The summed E-state index contributed by atoms with van der Waals surface area (Å²) in [6.45, 7) is 0. The van der Waals surface area contributed by atoms with Gasteiger partial charge in [0, 0.05) is 12.5 Å². The van der Waals surface area contributed by atoms with Crippen molar-refractivity contribution in [2.24, 2.45) is 0 Å². The summed E-state index contributed by atoms with van der Waals surface area (Å²) in [6, 6.07) is 6.28. The summed E-state index contributed by atoms with van der Waals surface area (Å²) < 4.78 is 42.8. The van der Waals surface area contributed by atoms with E-state index in [0.29, 0.717) is 11.3 Å². The maximum absolute atomic E-state index is 12.6. The monoisotopic (exact) mass is 298 g/mol. The van der Waals surface area contributed by atoms with E-state index in [1.807, 2.05) is 0 Å². The molecule has 1 aromatic heterocycles. The fourth-order valence-corrected chi connectivity index (χ4v) is 1.85. The molecule has 0 aliphatic carbocycles. The molecule has 0 spiro atoms. The van der Waals surface area contributed by atoms with E-state index in [1.165, 1.54) is 31.6 Å². The topological polar surface area (TPSA) is 55.2 Å². The van der Waals surface area contributed by atoms with E-state index in [2.05, 4.69) is 9.97 Å². The number of nitrogens with zero attached hydrogens (tertiary/aromatic N) is 2. The van der Waals surface area contributed by atoms with E-state index in [-0.39, 0.29) is 12.3 Å². The first kappa shape index (κ1) is 15.2. The van der Waals surface area contributed by atoms with E-state index in [1.54, 1.807) is 0 Å². The van der Waals surface area contributed by atoms with Crippen molar-refractivity contribution >= 4 is 0 Å². The summed E-state index contributed by atoms with van der Waals surface area (Å²) in [5, 5.41) is 10.1. The van der Waals surface area contributed by atoms with Crippen LogP contribution in [0.5, 0.6) is 5.88 Å². The van der Waals surface area contributed by atoms with Gasteiger partial charge in [-0.2, -0.15) is 13.2 Å². The predicted molar refractivity (Wildman–Crippen MR) is 68.7 cm³/mol. The first-order valence-corrected chi connectivity index (χ1v) is 6.10. The van der Waals surface area contributed by atoms with E-state index in [9.17, 15) is 18.3 Å². The van der Waals surface area contributed by atoms with Gasteiger partial charge in [-0.1, -0.05) is 18.2 Å². The number of halogens is 3. The predicted octanol–water partition coefficient (Wildman–Crippen LogP) is 2.78. The van der Waals surface area contributed by atoms with Crippen LogP contribution in [0.15, 0.2) is 36.7 Å². The Balaban J connectivity index is 2.17. The number of hydrogen-bond acceptors (Lipinski definition) is 4. The highest BCUT2D eigenvalue weighted by Crippen LogP contribution is 2.30. The molecule has 0 bridgehead atoms. The zero-order valence-electron chi connectivity index (χ0n) is 11.1. The summed E-state index contributed by atoms with van der Waals surface area (Å²) in [7, 11) is 1.42. The summed E-state index contributed by atoms with van der Waals surface area (Å²) in [6.07, 6.45) is -4.20. The van der Waals surface area contributed by atoms with E-state index in [4.69, 9.17) is 4.74 Å². The van der Waals surface area contributed by atoms with Gasteiger partial charge >= 0.3 is 6.18 Å². The fraction of sp³-hybridized carbons (Fsp3) is 0.286. The maximum Gasteiger partial charge on any atom is 0.416 e. The molecule has 112 valence electrons. The molecule has 1 heterocycles. The Labute approximate surface area is 119 Å². The number of alkyl halides is 3. The molecule has 1 aromatic carbocycles. The molecule has 2 rings (SSSR count). The van der Waals surface area contributed by atoms with Crippen molar-refractivity contribution in [1.82, 2.24) is 9.97 Å². The van der Waals surface area contributed by atoms with Crippen molar-refractivity contribution in [3.63, 3.8) is 0 Å². The lowest BCUT2D eigenvalue weighted by Gasteiger charge is -2.12. The molecule has 2 aromatic rings. The van der Waals surface area contributed by atoms with Gasteiger partial charge in [0.15, 0.2) is 0 Å². The molecule has 0 fully saturated rings. The molecule has 0 saturated carbocycles. The van der Waals surface area contributed by atoms with Crippen LogP contribution < -0.4 is 4.74 Å². The van der Waals surface area contributed by atoms with Gasteiger partial charge in [0.1, 0.15) is 12.4 Å². The highest BCUT2D eigenvalue weighted by molar-refractivity contribution is 5.27. The first-order valence-electron chi connectivity index (χ1n) is 6.10. The number of aromatic nitrogens is 2. The van der Waals surface area contributed by atoms with Crippen molar-refractivity contribution in [2.45, 2.75) is 18.7 Å². The summed E-state index contributed by atoms with van der Waals surface area (Å²) >= 11 is 0. The fourth-order valence-electron chi connectivity index (χ4n) is 1.85. The minimum Gasteiger partial charge on any atom is -0.481 e. The number of ether oxygens (including phenoxy) is 1. The average Bonchev–Trinajstić information content (AvgIpc) is 2.46. The van der Waals surface area contributed by atoms with Crippen molar-refractivity contribution < 1.29 is 23.0 Å². The number of rotatable bonds is 4. The van der Waals surface area contributed by atoms with Gasteiger partial charge < -0.3 is 9.84 Å². The quantitative estimate of drug-likeness (QED) is 0.943. The molecular formula is C14H13F3N2O2. The number of aliphatic hydroxyl groups is 1. The molecule has 7 heteroatoms. The van der Waals surface area contributed by atoms with Gasteiger partial charge in [0.05, 0.1) is 18.4 Å². The Hall–Kier alpha value is -2.15. The number of hydrogen-bond donors (Lipinski definition) is 1. The van der Waals surface area contributed by atoms with Crippen LogP contribution in [0.3, 0.4) is 0 Å². The Morgan fingerprint density at radius 1 is 1.24 bits per heavy atom. The van der Waals surface area contributed by atoms with Crippen molar-refractivity contribution in [1.29, 1.82) is 0 Å². The van der Waals surface area contributed by atoms with Gasteiger partial charge in [-0.3, -0.25) is 0 Å². The van der Waals surface area contributed by atoms with Crippen LogP contribution in [0.25, 0.3) is 0 Å². The van der Waals surface area contributed by atoms with Gasteiger partial charge in [0.25, 0.3) is 0 Å². The minimum absolute atomic E-state index is 0.0179. The second-order valence-corrected chi connectivity index (χ2v) is 4.40. The van der Waals surface area contributed by atoms with Gasteiger partial charge in [-0.15, -0.1) is 0 Å². The molecule has 1 unspecified atom stereocenters. The summed E-state index contributed by atoms with van der Waals surface area (Å²) in [4.78, 5) is 7.69. The summed E-state index contributed by atoms with van der Waals surface area (Å²) in [5.41, 5.74) is -0.0818. The number of benzene rings is 1. The molecule has 4 nitrogen and oxygen atoms in total. The Bertz CT molecular complexity index is 617. The molecule has 0 aliphatic heterocycles. The lowest BCUT2D eigenvalue weighted by atomic mass is 10.0. The van der Waals surface area contributed by atoms with Crippen LogP contribution in [0.1, 0.15) is 22.9 Å². The second-order valence-electron chi connectivity index (χ2n) is 4.40. The number of methoxy groups -OCH3 is 1. The second kappa shape index (κ2) is 6.09. The molecule has 0 aliphatic rings. The van der Waals surface area contributed by atoms with Crippen LogP contribution in [-0.4, -0.2) is 22.2 Å². The van der Waals surface area contributed by atoms with Crippen molar-refractivity contribution in [2.75, 3.05) is 7.11 Å². The van der Waals surface area contributed by atoms with Crippen LogP contribution >= 0.6 is 0 Å². The third kappa shape index (κ3) is 3.91. The smallest absolute Gasteiger partial charge is 0.416 e. The summed E-state index contributed by atoms with van der Waals surface area (Å²) in [5.74, 6) is 0.281. The zero-order chi connectivity index (χ0) is 15.5. The largest absolute Gasteiger partial charge is 0.481 e. The Morgan fingerprint density at radius 2 is 2.00 bits per heavy atom. The molecule has 1 N–H and O–H groups in total. The molecule has 0 radical (unpaired) electrons. The van der Waals surface area contributed by atoms with Gasteiger partial charge in [0.2, 0.25) is 5.88 Å². The van der Waals surface area contributed by atoms with E-state index < -0.39 is 17.8 Å². The standard InChI is InChI=1S/C14H13F3N2O2/c1-21-13-7-11(18-8-19-13)12(20)6-9-3-2-4-10(5-9)14(15,16)17/h2-5,7-8,12,20H,6H2,1H3. The van der Waals surface area contributed by atoms with Crippen molar-refractivity contribution in [3.8, 4) is 5.88 Å². The van der Waals surface area contributed by atoms with Gasteiger partial charge in [-0.25, -0.2) is 9.97 Å². The highest BCUT2D eigenvalue weighted by atomic mass is 19.4. The minimum atomic E-state index is -4.40. The number of aliphatic hydroxyl groups excluding tert-OH is 1. The van der Waals surface area contributed by atoms with Crippen LogP contribution in [-0.2, 0) is 12.6 Å². The highest BCUT2D eigenvalue weighted by Gasteiger charge is 2.30. The molecule has 21 heavy (non-hydrogen) atoms. The van der Waals surface area contributed by atoms with Crippen LogP contribution in [0, 0.1) is 0 Å². The van der Waals surface area contributed by atoms with Crippen LogP contribution in [0.4, 0.5) is 13.2 Å². The van der Waals surface area contributed by atoms with E-state index in [0.717, 1.165) is 12.1 Å². The zero-order valence-corrected chi connectivity index (χ0v) is 11.1. The van der Waals surface area contributed by atoms with E-state index >= 15 is 0 Å². The molecule has 1 atom stereocenters. The normalized spacial score (nSPS) is 13.0. The van der Waals surface area contributed by atoms with Crippen LogP contribution in [0.2, 0.25) is 0 Å². The maximum atomic E-state index is 12.6. The SMILES string of the molecule is COc1cc(C(O)Cc2cccc(C(F)(F)F)c2)ncn1. The Morgan fingerprint density at radius 3 is 2.67 bits per heavy atom. The Kier molecular flexibility index (Phi) is 4.42. The third-order valence-electron chi connectivity index (χ3n) is 2.90. The molecular weight excluding hydrogens is 285 g/mol. The lowest BCUT2D eigenvalue weighted by Crippen LogP contribution is -2.08.